The number of benzene rings is 1. The van der Waals surface area contributed by atoms with E-state index in [2.05, 4.69) is 28.4 Å². The van der Waals surface area contributed by atoms with Crippen LogP contribution in [0.2, 0.25) is 0 Å². The van der Waals surface area contributed by atoms with Gasteiger partial charge in [0.15, 0.2) is 0 Å². The van der Waals surface area contributed by atoms with Crippen LogP contribution in [-0.2, 0) is 9.59 Å². The standard InChI is InChI=1S/C20H28N2O2.C2HF3O2/c1-21-19(23)12-16-13-20(24-18-5-3-2-4-17(16)18)8-10-22(11-9-20)14-15-6-7-15;3-2(4,5)1(6)7/h2-5,15-16H,6-14H2,1H3,(H,21,23);(H,6,7). The number of piperidine rings is 1. The Morgan fingerprint density at radius 1 is 1.23 bits per heavy atom. The highest BCUT2D eigenvalue weighted by Crippen LogP contribution is 2.46. The second-order valence-electron chi connectivity index (χ2n) is 8.65. The molecule has 1 aromatic rings. The van der Waals surface area contributed by atoms with Crippen molar-refractivity contribution in [2.75, 3.05) is 26.7 Å². The lowest BCUT2D eigenvalue weighted by molar-refractivity contribution is -0.192. The summed E-state index contributed by atoms with van der Waals surface area (Å²) in [6, 6.07) is 8.29. The molecule has 1 saturated heterocycles. The Morgan fingerprint density at radius 2 is 1.84 bits per heavy atom. The molecule has 6 nitrogen and oxygen atoms in total. The van der Waals surface area contributed by atoms with Gasteiger partial charge in [-0.2, -0.15) is 13.2 Å². The fourth-order valence-corrected chi connectivity index (χ4v) is 4.37. The first kappa shape index (κ1) is 23.4. The largest absolute Gasteiger partial charge is 0.490 e. The van der Waals surface area contributed by atoms with Crippen molar-refractivity contribution in [3.05, 3.63) is 29.8 Å². The second-order valence-corrected chi connectivity index (χ2v) is 8.65. The second kappa shape index (κ2) is 9.46. The Kier molecular flexibility index (Phi) is 7.13. The molecule has 2 aliphatic heterocycles. The van der Waals surface area contributed by atoms with Gasteiger partial charge in [-0.3, -0.25) is 4.79 Å². The van der Waals surface area contributed by atoms with Gasteiger partial charge in [-0.25, -0.2) is 4.79 Å². The van der Waals surface area contributed by atoms with E-state index in [0.29, 0.717) is 6.42 Å². The average Bonchev–Trinajstić information content (AvgIpc) is 3.54. The molecule has 1 spiro atoms. The van der Waals surface area contributed by atoms with E-state index in [0.717, 1.165) is 44.0 Å². The van der Waals surface area contributed by atoms with E-state index in [-0.39, 0.29) is 17.4 Å². The molecule has 0 aromatic heterocycles. The van der Waals surface area contributed by atoms with Crippen LogP contribution >= 0.6 is 0 Å². The van der Waals surface area contributed by atoms with Crippen molar-refractivity contribution in [2.24, 2.45) is 5.92 Å². The van der Waals surface area contributed by atoms with Gasteiger partial charge in [0, 0.05) is 39.0 Å². The van der Waals surface area contributed by atoms with Gasteiger partial charge in [0.05, 0.1) is 0 Å². The van der Waals surface area contributed by atoms with E-state index < -0.39 is 12.1 Å². The van der Waals surface area contributed by atoms with E-state index in [1.54, 1.807) is 7.05 Å². The molecule has 2 fully saturated rings. The number of rotatable bonds is 4. The van der Waals surface area contributed by atoms with Crippen LogP contribution in [0.5, 0.6) is 5.75 Å². The molecule has 1 aromatic carbocycles. The molecule has 31 heavy (non-hydrogen) atoms. The van der Waals surface area contributed by atoms with Gasteiger partial charge in [0.2, 0.25) is 5.91 Å². The Morgan fingerprint density at radius 3 is 2.39 bits per heavy atom. The predicted octanol–water partition coefficient (Wildman–Crippen LogP) is 3.57. The molecule has 1 saturated carbocycles. The average molecular weight is 442 g/mol. The number of ether oxygens (including phenoxy) is 1. The van der Waals surface area contributed by atoms with Crippen molar-refractivity contribution in [3.8, 4) is 5.75 Å². The number of carbonyl (C=O) groups is 2. The van der Waals surface area contributed by atoms with Crippen LogP contribution in [0.1, 0.15) is 50.0 Å². The minimum atomic E-state index is -5.08. The minimum absolute atomic E-state index is 0.0763. The highest BCUT2D eigenvalue weighted by Gasteiger charge is 2.44. The summed E-state index contributed by atoms with van der Waals surface area (Å²) in [6.07, 6.45) is 1.44. The fourth-order valence-electron chi connectivity index (χ4n) is 4.37. The van der Waals surface area contributed by atoms with Gasteiger partial charge in [-0.1, -0.05) is 18.2 Å². The van der Waals surface area contributed by atoms with E-state index in [1.807, 2.05) is 6.07 Å². The number of hydrogen-bond acceptors (Lipinski definition) is 4. The summed E-state index contributed by atoms with van der Waals surface area (Å²) in [6.45, 7) is 3.53. The normalized spacial score (nSPS) is 22.5. The SMILES string of the molecule is CNC(=O)CC1CC2(CCN(CC3CC3)CC2)Oc2ccccc21.O=C(O)C(F)(F)F. The Labute approximate surface area is 179 Å². The number of halogens is 3. The van der Waals surface area contributed by atoms with Crippen LogP contribution in [0, 0.1) is 5.92 Å². The van der Waals surface area contributed by atoms with Crippen molar-refractivity contribution < 1.29 is 32.6 Å². The lowest BCUT2D eigenvalue weighted by Crippen LogP contribution is -2.51. The van der Waals surface area contributed by atoms with Crippen molar-refractivity contribution in [2.45, 2.75) is 56.2 Å². The molecule has 172 valence electrons. The number of aliphatic carboxylic acids is 1. The summed E-state index contributed by atoms with van der Waals surface area (Å²) in [5, 5.41) is 9.91. The molecule has 3 aliphatic rings. The molecule has 0 bridgehead atoms. The zero-order chi connectivity index (χ0) is 22.6. The minimum Gasteiger partial charge on any atom is -0.487 e. The van der Waals surface area contributed by atoms with Gasteiger partial charge in [-0.15, -0.1) is 0 Å². The summed E-state index contributed by atoms with van der Waals surface area (Å²) >= 11 is 0. The van der Waals surface area contributed by atoms with Crippen molar-refractivity contribution in [1.82, 2.24) is 10.2 Å². The highest BCUT2D eigenvalue weighted by atomic mass is 19.4. The molecular weight excluding hydrogens is 413 g/mol. The van der Waals surface area contributed by atoms with Crippen molar-refractivity contribution >= 4 is 11.9 Å². The molecule has 1 amide bonds. The summed E-state index contributed by atoms with van der Waals surface area (Å²) < 4.78 is 38.3. The molecule has 0 radical (unpaired) electrons. The Balaban J connectivity index is 0.000000339. The summed E-state index contributed by atoms with van der Waals surface area (Å²) in [7, 11) is 1.72. The third kappa shape index (κ3) is 6.35. The van der Waals surface area contributed by atoms with Crippen LogP contribution in [-0.4, -0.2) is 60.3 Å². The van der Waals surface area contributed by atoms with Gasteiger partial charge in [0.25, 0.3) is 0 Å². The Bertz CT molecular complexity index is 787. The van der Waals surface area contributed by atoms with Gasteiger partial charge in [-0.05, 0) is 49.7 Å². The fraction of sp³-hybridized carbons (Fsp3) is 0.636. The molecule has 1 atom stereocenters. The summed E-state index contributed by atoms with van der Waals surface area (Å²) in [4.78, 5) is 23.5. The number of fused-ring (bicyclic) bond motifs is 1. The molecule has 2 N–H and O–H groups in total. The maximum absolute atomic E-state index is 12.0. The van der Waals surface area contributed by atoms with E-state index in [9.17, 15) is 18.0 Å². The van der Waals surface area contributed by atoms with E-state index in [1.165, 1.54) is 24.9 Å². The van der Waals surface area contributed by atoms with E-state index in [4.69, 9.17) is 14.6 Å². The number of likely N-dealkylation sites (tertiary alicyclic amines) is 1. The summed E-state index contributed by atoms with van der Waals surface area (Å²) in [5.41, 5.74) is 1.12. The first-order chi connectivity index (χ1) is 14.6. The van der Waals surface area contributed by atoms with Crippen LogP contribution in [0.25, 0.3) is 0 Å². The first-order valence-corrected chi connectivity index (χ1v) is 10.6. The highest BCUT2D eigenvalue weighted by molar-refractivity contribution is 5.76. The molecule has 1 unspecified atom stereocenters. The smallest absolute Gasteiger partial charge is 0.487 e. The monoisotopic (exact) mass is 442 g/mol. The quantitative estimate of drug-likeness (QED) is 0.746. The zero-order valence-corrected chi connectivity index (χ0v) is 17.6. The Hall–Kier alpha value is -2.29. The molecular formula is C22H29F3N2O4. The molecule has 4 rings (SSSR count). The number of para-hydroxylation sites is 1. The third-order valence-electron chi connectivity index (χ3n) is 6.24. The number of carboxylic acid groups (broad SMARTS) is 1. The lowest BCUT2D eigenvalue weighted by Gasteiger charge is -2.47. The topological polar surface area (TPSA) is 78.9 Å². The number of nitrogens with one attached hydrogen (secondary N) is 1. The number of nitrogens with zero attached hydrogens (tertiary/aromatic N) is 1. The van der Waals surface area contributed by atoms with Crippen LogP contribution in [0.15, 0.2) is 24.3 Å². The zero-order valence-electron chi connectivity index (χ0n) is 17.6. The van der Waals surface area contributed by atoms with Crippen LogP contribution in [0.4, 0.5) is 13.2 Å². The summed E-state index contributed by atoms with van der Waals surface area (Å²) in [5.74, 6) is -0.420. The first-order valence-electron chi connectivity index (χ1n) is 10.6. The van der Waals surface area contributed by atoms with E-state index >= 15 is 0 Å². The number of alkyl halides is 3. The van der Waals surface area contributed by atoms with Gasteiger partial charge < -0.3 is 20.1 Å². The van der Waals surface area contributed by atoms with Crippen molar-refractivity contribution in [1.29, 1.82) is 0 Å². The van der Waals surface area contributed by atoms with Crippen molar-refractivity contribution in [3.63, 3.8) is 0 Å². The van der Waals surface area contributed by atoms with Gasteiger partial charge >= 0.3 is 12.1 Å². The number of amides is 1. The molecule has 1 aliphatic carbocycles. The third-order valence-corrected chi connectivity index (χ3v) is 6.24. The van der Waals surface area contributed by atoms with Crippen LogP contribution in [0.3, 0.4) is 0 Å². The lowest BCUT2D eigenvalue weighted by atomic mass is 9.76. The number of carboxylic acids is 1. The molecule has 9 heteroatoms. The number of hydrogen-bond donors (Lipinski definition) is 2. The molecule has 2 heterocycles. The van der Waals surface area contributed by atoms with Gasteiger partial charge in [0.1, 0.15) is 11.4 Å². The maximum Gasteiger partial charge on any atom is 0.490 e. The number of carbonyl (C=O) groups excluding carboxylic acids is 1. The van der Waals surface area contributed by atoms with Crippen LogP contribution < -0.4 is 10.1 Å². The predicted molar refractivity (Wildman–Crippen MR) is 108 cm³/mol. The maximum atomic E-state index is 12.0.